The second-order valence-electron chi connectivity index (χ2n) is 25.8. The molecule has 116 heavy (non-hydrogen) atoms. The highest BCUT2D eigenvalue weighted by Gasteiger charge is 2.37. The molecule has 0 saturated carbocycles. The summed E-state index contributed by atoms with van der Waals surface area (Å²) in [4.78, 5) is 148. The Hall–Kier alpha value is -15.8. The molecule has 17 aromatic rings. The summed E-state index contributed by atoms with van der Waals surface area (Å²) in [6.45, 7) is 0.619. The number of anilines is 1. The molecular formula is C83H42Br2N20O11. The van der Waals surface area contributed by atoms with Crippen molar-refractivity contribution in [2.24, 2.45) is 30.2 Å². The van der Waals surface area contributed by atoms with Crippen LogP contribution in [0.3, 0.4) is 0 Å². The van der Waals surface area contributed by atoms with Gasteiger partial charge in [0.1, 0.15) is 99.1 Å². The van der Waals surface area contributed by atoms with E-state index >= 15 is 0 Å². The van der Waals surface area contributed by atoms with Gasteiger partial charge in [0.05, 0.1) is 44.3 Å². The summed E-state index contributed by atoms with van der Waals surface area (Å²) < 4.78 is 22.2. The first-order chi connectivity index (χ1) is 56.6. The standard InChI is InChI=1S/C22H12N2O3.C19H10N4O3.C15H7BrN2O.C15H8N8O3.C12H5BrN4O/c25-21-18-14(19-20(21)24-16-11-5-4-10-15(16)23-19)9-6-12-17(18)27-22(26)13-7-2-1-3-8-13;24-16-13-11(14-15(16)23-18-17(22-14)20-9-21-18)7-4-8-12(13)26-19(25)10-5-2-1-3-6-10;16-8-5-6-9-10(7-8)15(19)14-13(9)17-11-3-1-2-4-12(11)18-14;16-8-5-25-21-11(8)15(24)20-19-10-7-4-2-1-3-6(7)9-12(10)18-14-13(17-9)22-26-23-14;13-5-1-2-6-7(3-5)10(18)9-8(6)16-11-12(17-9)15-4-14-11/h1-12H;1-8H,9H2;1-7H;1-5H,16H2,(H,18,23);1-3H,4H2. The van der Waals surface area contributed by atoms with Crippen LogP contribution < -0.4 is 37.2 Å². The minimum atomic E-state index is -0.722. The maximum absolute atomic E-state index is 13.0. The number of nitrogens with two attached hydrogens (primary N) is 1. The maximum Gasteiger partial charge on any atom is 0.343 e. The number of halogens is 2. The monoisotopic (exact) mass is 1650 g/mol. The molecule has 9 heterocycles. The molecule has 554 valence electrons. The Bertz CT molecular complexity index is 7530. The molecule has 7 aromatic heterocycles. The minimum absolute atomic E-state index is 0.0513. The second-order valence-corrected chi connectivity index (χ2v) is 27.7. The van der Waals surface area contributed by atoms with Crippen molar-refractivity contribution in [1.29, 1.82) is 0 Å². The number of benzene rings is 9. The fourth-order valence-corrected chi connectivity index (χ4v) is 14.3. The van der Waals surface area contributed by atoms with E-state index in [1.807, 2.05) is 115 Å². The van der Waals surface area contributed by atoms with E-state index in [9.17, 15) is 33.6 Å². The third-order valence-corrected chi connectivity index (χ3v) is 19.8. The van der Waals surface area contributed by atoms with Crippen LogP contribution in [0.1, 0.15) is 95.4 Å². The first-order valence-corrected chi connectivity index (χ1v) is 36.6. The van der Waals surface area contributed by atoms with Gasteiger partial charge in [-0.05, 0) is 90.1 Å². The van der Waals surface area contributed by atoms with Crippen molar-refractivity contribution in [3.8, 4) is 56.5 Å². The van der Waals surface area contributed by atoms with E-state index in [0.717, 1.165) is 48.1 Å². The van der Waals surface area contributed by atoms with Crippen LogP contribution >= 0.6 is 31.9 Å². The molecule has 0 atom stereocenters. The van der Waals surface area contributed by atoms with Crippen LogP contribution in [0.2, 0.25) is 0 Å². The lowest BCUT2D eigenvalue weighted by Crippen LogP contribution is -2.31. The number of hydrogen-bond donors (Lipinski definition) is 2. The molecule has 33 heteroatoms. The number of ether oxygens (including phenoxy) is 2. The van der Waals surface area contributed by atoms with Gasteiger partial charge in [-0.1, -0.05) is 158 Å². The highest BCUT2D eigenvalue weighted by Crippen LogP contribution is 2.44. The third kappa shape index (κ3) is 12.5. The van der Waals surface area contributed by atoms with Crippen LogP contribution in [0.25, 0.3) is 100 Å². The van der Waals surface area contributed by atoms with Crippen molar-refractivity contribution in [3.05, 3.63) is 305 Å². The van der Waals surface area contributed by atoms with Gasteiger partial charge in [-0.3, -0.25) is 28.6 Å². The molecule has 2 aliphatic heterocycles. The number of aromatic nitrogens is 13. The topological polar surface area (TPSA) is 435 Å². The van der Waals surface area contributed by atoms with Crippen LogP contribution in [-0.2, 0) is 0 Å². The molecule has 23 rings (SSSR count). The van der Waals surface area contributed by atoms with E-state index in [1.165, 1.54) is 0 Å². The van der Waals surface area contributed by atoms with Crippen LogP contribution in [0, 0.1) is 0 Å². The smallest absolute Gasteiger partial charge is 0.343 e. The lowest BCUT2D eigenvalue weighted by molar-refractivity contribution is 0.0722. The normalized spacial score (nSPS) is 12.8. The Balaban J connectivity index is 0.0000000976. The fourth-order valence-electron chi connectivity index (χ4n) is 13.6. The molecule has 1 amide bonds. The molecular weight excluding hydrogens is 1610 g/mol. The van der Waals surface area contributed by atoms with E-state index in [4.69, 9.17) is 19.8 Å². The number of nitrogens with zero attached hydrogens (tertiary/aromatic N) is 18. The van der Waals surface area contributed by atoms with Crippen molar-refractivity contribution in [2.75, 3.05) is 19.1 Å². The number of esters is 2. The molecule has 0 spiro atoms. The number of carbonyl (C=O) groups is 7. The van der Waals surface area contributed by atoms with Gasteiger partial charge in [0, 0.05) is 53.1 Å². The van der Waals surface area contributed by atoms with Crippen LogP contribution in [-0.4, -0.2) is 120 Å². The number of nitrogens with one attached hydrogen (secondary N) is 1. The van der Waals surface area contributed by atoms with Crippen molar-refractivity contribution < 1.29 is 52.2 Å². The van der Waals surface area contributed by atoms with Crippen molar-refractivity contribution in [2.45, 2.75) is 0 Å². The summed E-state index contributed by atoms with van der Waals surface area (Å²) in [6, 6.07) is 61.1. The molecule has 3 N–H and O–H groups in total. The number of H-pyrrole nitrogens is 1. The van der Waals surface area contributed by atoms with Crippen molar-refractivity contribution in [3.63, 3.8) is 0 Å². The van der Waals surface area contributed by atoms with Gasteiger partial charge in [0.2, 0.25) is 34.4 Å². The molecule has 0 radical (unpaired) electrons. The van der Waals surface area contributed by atoms with Crippen LogP contribution in [0.4, 0.5) is 11.4 Å². The lowest BCUT2D eigenvalue weighted by atomic mass is 10.1. The lowest BCUT2D eigenvalue weighted by Gasteiger charge is -2.08. The van der Waals surface area contributed by atoms with Crippen molar-refractivity contribution >= 4 is 139 Å². The second kappa shape index (κ2) is 28.8. The molecule has 6 aliphatic rings. The predicted octanol–water partition coefficient (Wildman–Crippen LogP) is 12.2. The summed E-state index contributed by atoms with van der Waals surface area (Å²) in [5.74, 6) is -2.12. The highest BCUT2D eigenvalue weighted by molar-refractivity contribution is 9.10. The Kier molecular flexibility index (Phi) is 17.5. The Morgan fingerprint density at radius 2 is 0.845 bits per heavy atom. The summed E-state index contributed by atoms with van der Waals surface area (Å²) >= 11 is 6.75. The highest BCUT2D eigenvalue weighted by atomic mass is 79.9. The number of carbonyl (C=O) groups excluding carboxylic acids is 7. The van der Waals surface area contributed by atoms with E-state index in [1.54, 1.807) is 91.0 Å². The van der Waals surface area contributed by atoms with E-state index in [0.29, 0.717) is 141 Å². The number of rotatable bonds is 6. The quantitative estimate of drug-likeness (QED) is 0.0887. The van der Waals surface area contributed by atoms with E-state index < -0.39 is 17.8 Å². The molecule has 0 unspecified atom stereocenters. The first kappa shape index (κ1) is 70.6. The molecule has 0 bridgehead atoms. The number of aromatic amines is 1. The third-order valence-electron chi connectivity index (χ3n) is 18.9. The molecule has 0 fully saturated rings. The van der Waals surface area contributed by atoms with Crippen LogP contribution in [0.15, 0.2) is 261 Å². The van der Waals surface area contributed by atoms with Crippen molar-refractivity contribution in [1.82, 2.24) is 65.3 Å². The summed E-state index contributed by atoms with van der Waals surface area (Å²) in [6.07, 6.45) is 1.15. The zero-order valence-corrected chi connectivity index (χ0v) is 62.2. The summed E-state index contributed by atoms with van der Waals surface area (Å²) in [5.41, 5.74) is 21.6. The number of para-hydroxylation sites is 4. The molecule has 0 saturated heterocycles. The van der Waals surface area contributed by atoms with Gasteiger partial charge in [-0.25, -0.2) is 79.4 Å². The fraction of sp³-hybridized carbons (Fsp3) is 0.0241. The zero-order chi connectivity index (χ0) is 79.0. The number of nitrogen functional groups attached to an aromatic ring is 1. The maximum atomic E-state index is 13.0. The zero-order valence-electron chi connectivity index (χ0n) is 59.0. The van der Waals surface area contributed by atoms with E-state index in [-0.39, 0.29) is 69.6 Å². The number of hydrogen-bond acceptors (Lipinski definition) is 29. The predicted molar refractivity (Wildman–Crippen MR) is 420 cm³/mol. The number of ketones is 4. The minimum Gasteiger partial charge on any atom is -0.422 e. The number of amides is 1. The van der Waals surface area contributed by atoms with Crippen LogP contribution in [0.5, 0.6) is 11.5 Å². The Morgan fingerprint density at radius 1 is 0.414 bits per heavy atom. The van der Waals surface area contributed by atoms with E-state index in [2.05, 4.69) is 132 Å². The number of azo groups is 1. The SMILES string of the molecule is Nc1conc1C(=O)N=Nc1c2ccccc2c2nc3no[nH]c3nc12.O=C(Oc1cccc2c1C(=O)c1nc3c(nc1-2)=NCN=3)c1ccccc1.O=C(Oc1cccc2c1C(=O)c1nc3ccccc3nc1-2)c1ccccc1.O=C1c2cc(Br)ccc2-c2nc3c(nc21)=NCN=3.O=C1c2cc(Br)ccc2-c2nc3ccccc3nc21. The Labute approximate surface area is 663 Å². The Morgan fingerprint density at radius 3 is 1.35 bits per heavy atom. The molecule has 31 nitrogen and oxygen atoms in total. The summed E-state index contributed by atoms with van der Waals surface area (Å²) in [5, 5.41) is 19.2. The average Bonchev–Trinajstić information content (AvgIpc) is 1.64. The summed E-state index contributed by atoms with van der Waals surface area (Å²) in [7, 11) is 0. The molecule has 4 aliphatic carbocycles. The van der Waals surface area contributed by atoms with Gasteiger partial charge < -0.3 is 19.7 Å². The van der Waals surface area contributed by atoms with Gasteiger partial charge >= 0.3 is 17.8 Å². The first-order valence-electron chi connectivity index (χ1n) is 35.0. The number of fused-ring (bicyclic) bond motifs is 20. The van der Waals surface area contributed by atoms with Gasteiger partial charge in [-0.2, -0.15) is 5.16 Å². The average molecular weight is 1660 g/mol. The van der Waals surface area contributed by atoms with Gasteiger partial charge in [0.15, 0.2) is 27.6 Å². The molecule has 10 aromatic carbocycles. The van der Waals surface area contributed by atoms with Gasteiger partial charge in [0.25, 0.3) is 0 Å². The largest absolute Gasteiger partial charge is 0.422 e. The van der Waals surface area contributed by atoms with Gasteiger partial charge in [-0.15, -0.1) is 10.2 Å².